The zero-order chi connectivity index (χ0) is 24.1. The van der Waals surface area contributed by atoms with Crippen LogP contribution in [-0.2, 0) is 16.0 Å². The summed E-state index contributed by atoms with van der Waals surface area (Å²) in [6, 6.07) is 5.08. The van der Waals surface area contributed by atoms with Crippen LogP contribution in [0.2, 0.25) is 0 Å². The van der Waals surface area contributed by atoms with Crippen LogP contribution in [0.1, 0.15) is 31.0 Å². The lowest BCUT2D eigenvalue weighted by Gasteiger charge is -2.22. The molecule has 33 heavy (non-hydrogen) atoms. The standard InChI is InChI=1S/C17H18N4O4.C2HF3O2.CH4/c1-2-23-3-4-24-14-7-13-9(6-12(14)22)5-10-15(19)11(8-18)16(20)21-17(10)25-13;3-2(4,5)1(6)7;/h6-7,22H,2-5H2,1H3,(H4,19,20,21);(H,6,7);1H4. The number of nitrogen functional groups attached to an aromatic ring is 2. The predicted molar refractivity (Wildman–Crippen MR) is 111 cm³/mol. The third-order valence-corrected chi connectivity index (χ3v) is 4.09. The third-order valence-electron chi connectivity index (χ3n) is 4.09. The van der Waals surface area contributed by atoms with Crippen molar-refractivity contribution in [2.75, 3.05) is 31.3 Å². The van der Waals surface area contributed by atoms with E-state index < -0.39 is 12.1 Å². The summed E-state index contributed by atoms with van der Waals surface area (Å²) in [5.74, 6) is -1.71. The van der Waals surface area contributed by atoms with Crippen LogP contribution in [0.3, 0.4) is 0 Å². The van der Waals surface area contributed by atoms with Gasteiger partial charge in [0.05, 0.1) is 12.3 Å². The highest BCUT2D eigenvalue weighted by atomic mass is 19.4. The Labute approximate surface area is 187 Å². The number of nitrogens with two attached hydrogens (primary N) is 2. The molecule has 1 aromatic heterocycles. The molecule has 0 saturated carbocycles. The van der Waals surface area contributed by atoms with Crippen LogP contribution in [0, 0.1) is 11.3 Å². The fraction of sp³-hybridized carbons (Fsp3) is 0.350. The molecule has 3 rings (SSSR count). The number of aliphatic carboxylic acids is 1. The molecule has 180 valence electrons. The number of halogens is 3. The first-order chi connectivity index (χ1) is 15.0. The molecule has 0 amide bonds. The van der Waals surface area contributed by atoms with Crippen LogP contribution in [0.15, 0.2) is 12.1 Å². The molecule has 0 radical (unpaired) electrons. The number of alkyl halides is 3. The molecule has 0 atom stereocenters. The van der Waals surface area contributed by atoms with Gasteiger partial charge in [-0.15, -0.1) is 0 Å². The average Bonchev–Trinajstić information content (AvgIpc) is 2.71. The number of phenols is 1. The quantitative estimate of drug-likeness (QED) is 0.404. The molecule has 0 fully saturated rings. The van der Waals surface area contributed by atoms with E-state index in [9.17, 15) is 18.3 Å². The fourth-order valence-corrected chi connectivity index (χ4v) is 2.60. The summed E-state index contributed by atoms with van der Waals surface area (Å²) in [5, 5.41) is 26.4. The van der Waals surface area contributed by atoms with Gasteiger partial charge in [0.25, 0.3) is 0 Å². The van der Waals surface area contributed by atoms with E-state index in [1.54, 1.807) is 12.1 Å². The number of aromatic hydroxyl groups is 1. The number of benzene rings is 1. The molecule has 6 N–H and O–H groups in total. The number of nitriles is 1. The Hall–Kier alpha value is -3.92. The highest BCUT2D eigenvalue weighted by molar-refractivity contribution is 5.73. The van der Waals surface area contributed by atoms with Gasteiger partial charge in [-0.1, -0.05) is 7.43 Å². The summed E-state index contributed by atoms with van der Waals surface area (Å²) in [6.07, 6.45) is -4.72. The number of hydrogen-bond donors (Lipinski definition) is 4. The molecule has 1 aliphatic heterocycles. The Morgan fingerprint density at radius 1 is 1.33 bits per heavy atom. The lowest BCUT2D eigenvalue weighted by atomic mass is 9.98. The molecule has 2 heterocycles. The first-order valence-corrected chi connectivity index (χ1v) is 9.01. The van der Waals surface area contributed by atoms with Crippen molar-refractivity contribution in [3.63, 3.8) is 0 Å². The van der Waals surface area contributed by atoms with Gasteiger partial charge >= 0.3 is 12.1 Å². The summed E-state index contributed by atoms with van der Waals surface area (Å²) >= 11 is 0. The molecule has 0 bridgehead atoms. The van der Waals surface area contributed by atoms with Crippen molar-refractivity contribution < 1.29 is 42.4 Å². The Kier molecular flexibility index (Phi) is 9.12. The number of carboxylic acids is 1. The van der Waals surface area contributed by atoms with Crippen molar-refractivity contribution in [1.29, 1.82) is 5.26 Å². The number of carboxylic acid groups (broad SMARTS) is 1. The topological polar surface area (TPSA) is 174 Å². The van der Waals surface area contributed by atoms with Crippen LogP contribution >= 0.6 is 0 Å². The van der Waals surface area contributed by atoms with Gasteiger partial charge < -0.3 is 35.9 Å². The Bertz CT molecular complexity index is 1050. The molecular weight excluding hydrogens is 449 g/mol. The SMILES string of the molecule is C.CCOCCOc1cc2c(cc1O)Cc1c(nc(N)c(C#N)c1N)O2.O=C(O)C(F)(F)F. The van der Waals surface area contributed by atoms with Crippen molar-refractivity contribution in [1.82, 2.24) is 4.98 Å². The second-order valence-electron chi connectivity index (χ2n) is 6.24. The molecule has 0 unspecified atom stereocenters. The van der Waals surface area contributed by atoms with Crippen molar-refractivity contribution in [2.45, 2.75) is 26.9 Å². The number of carbonyl (C=O) groups is 1. The zero-order valence-electron chi connectivity index (χ0n) is 16.7. The lowest BCUT2D eigenvalue weighted by Crippen LogP contribution is -2.21. The van der Waals surface area contributed by atoms with Crippen LogP contribution in [0.4, 0.5) is 24.7 Å². The highest BCUT2D eigenvalue weighted by Gasteiger charge is 2.38. The molecule has 1 aromatic carbocycles. The van der Waals surface area contributed by atoms with E-state index in [0.717, 1.165) is 0 Å². The van der Waals surface area contributed by atoms with Gasteiger partial charge in [0, 0.05) is 30.2 Å². The minimum absolute atomic E-state index is 0. The first kappa shape index (κ1) is 27.1. The number of phenolic OH excluding ortho intramolecular Hbond substituents is 1. The minimum Gasteiger partial charge on any atom is -0.504 e. The second-order valence-corrected chi connectivity index (χ2v) is 6.24. The fourth-order valence-electron chi connectivity index (χ4n) is 2.60. The van der Waals surface area contributed by atoms with Crippen molar-refractivity contribution in [3.05, 3.63) is 28.8 Å². The number of ether oxygens (including phenoxy) is 3. The van der Waals surface area contributed by atoms with Gasteiger partial charge in [0.1, 0.15) is 29.8 Å². The van der Waals surface area contributed by atoms with Gasteiger partial charge in [-0.05, 0) is 13.0 Å². The molecule has 0 aliphatic carbocycles. The van der Waals surface area contributed by atoms with Crippen molar-refractivity contribution in [2.24, 2.45) is 0 Å². The smallest absolute Gasteiger partial charge is 0.490 e. The van der Waals surface area contributed by atoms with E-state index >= 15 is 0 Å². The predicted octanol–water partition coefficient (Wildman–Crippen LogP) is 3.20. The van der Waals surface area contributed by atoms with E-state index in [0.29, 0.717) is 43.1 Å². The van der Waals surface area contributed by atoms with E-state index in [1.807, 2.05) is 13.0 Å². The molecule has 13 heteroatoms. The molecule has 0 saturated heterocycles. The van der Waals surface area contributed by atoms with Crippen LogP contribution < -0.4 is 20.9 Å². The molecule has 2 aromatic rings. The second kappa shape index (κ2) is 11.1. The number of hydrogen-bond acceptors (Lipinski definition) is 9. The molecule has 10 nitrogen and oxygen atoms in total. The average molecular weight is 472 g/mol. The largest absolute Gasteiger partial charge is 0.504 e. The van der Waals surface area contributed by atoms with Crippen molar-refractivity contribution >= 4 is 17.5 Å². The van der Waals surface area contributed by atoms with Gasteiger partial charge in [-0.3, -0.25) is 0 Å². The number of anilines is 2. The first-order valence-electron chi connectivity index (χ1n) is 9.01. The van der Waals surface area contributed by atoms with Gasteiger partial charge in [-0.2, -0.15) is 23.4 Å². The van der Waals surface area contributed by atoms with E-state index in [2.05, 4.69) is 4.98 Å². The van der Waals surface area contributed by atoms with E-state index in [-0.39, 0.29) is 41.9 Å². The Balaban J connectivity index is 0.000000595. The number of pyridine rings is 1. The Morgan fingerprint density at radius 3 is 2.52 bits per heavy atom. The molecule has 0 spiro atoms. The summed E-state index contributed by atoms with van der Waals surface area (Å²) in [6.45, 7) is 3.21. The number of rotatable bonds is 5. The summed E-state index contributed by atoms with van der Waals surface area (Å²) in [4.78, 5) is 13.0. The zero-order valence-corrected chi connectivity index (χ0v) is 16.7. The van der Waals surface area contributed by atoms with Gasteiger partial charge in [0.2, 0.25) is 5.88 Å². The van der Waals surface area contributed by atoms with Gasteiger partial charge in [0.15, 0.2) is 11.5 Å². The number of nitrogens with zero attached hydrogens (tertiary/aromatic N) is 2. The van der Waals surface area contributed by atoms with Crippen LogP contribution in [-0.4, -0.2) is 47.2 Å². The van der Waals surface area contributed by atoms with Crippen LogP contribution in [0.25, 0.3) is 0 Å². The maximum atomic E-state index is 10.6. The van der Waals surface area contributed by atoms with E-state index in [4.69, 9.17) is 40.8 Å². The van der Waals surface area contributed by atoms with E-state index in [1.165, 1.54) is 0 Å². The lowest BCUT2D eigenvalue weighted by molar-refractivity contribution is -0.192. The summed E-state index contributed by atoms with van der Waals surface area (Å²) in [5.41, 5.74) is 13.4. The maximum Gasteiger partial charge on any atom is 0.490 e. The van der Waals surface area contributed by atoms with Crippen molar-refractivity contribution in [3.8, 4) is 29.2 Å². The summed E-state index contributed by atoms with van der Waals surface area (Å²) < 4.78 is 48.2. The number of fused-ring (bicyclic) bond motifs is 2. The monoisotopic (exact) mass is 472 g/mol. The van der Waals surface area contributed by atoms with Crippen LogP contribution in [0.5, 0.6) is 23.1 Å². The number of aromatic nitrogens is 1. The summed E-state index contributed by atoms with van der Waals surface area (Å²) in [7, 11) is 0. The highest BCUT2D eigenvalue weighted by Crippen LogP contribution is 2.44. The normalized spacial score (nSPS) is 11.4. The minimum atomic E-state index is -5.08. The molecule has 1 aliphatic rings. The third kappa shape index (κ3) is 6.53. The molecular formula is C20H23F3N4O6. The Morgan fingerprint density at radius 2 is 1.97 bits per heavy atom. The van der Waals surface area contributed by atoms with Gasteiger partial charge in [-0.25, -0.2) is 4.79 Å². The maximum absolute atomic E-state index is 10.6.